The van der Waals surface area contributed by atoms with Crippen molar-refractivity contribution in [2.75, 3.05) is 20.1 Å². The van der Waals surface area contributed by atoms with Crippen LogP contribution in [-0.4, -0.2) is 30.3 Å². The monoisotopic (exact) mass is 322 g/mol. The van der Waals surface area contributed by atoms with Gasteiger partial charge in [0.05, 0.1) is 5.60 Å². The summed E-state index contributed by atoms with van der Waals surface area (Å²) in [4.78, 5) is 0. The molecule has 0 aliphatic carbocycles. The zero-order valence-electron chi connectivity index (χ0n) is 15.3. The van der Waals surface area contributed by atoms with Crippen LogP contribution < -0.4 is 16.9 Å². The highest BCUT2D eigenvalue weighted by molar-refractivity contribution is 5.33. The standard InChI is InChI=1S/C13H19NO.C3H9N3.C2H6/c1-10-3-4-12(9-11(10)2)13(15)5-7-14-8-6-13;1-6(5)3-2-4;1-2/h3-4,9,14-15H,5-8H2,1-2H3;2-3H,4-5H2,1H3;1-2H3/b;3-2-;. The van der Waals surface area contributed by atoms with Crippen molar-refractivity contribution < 1.29 is 5.11 Å². The van der Waals surface area contributed by atoms with Crippen LogP contribution in [0.25, 0.3) is 0 Å². The van der Waals surface area contributed by atoms with E-state index in [-0.39, 0.29) is 0 Å². The summed E-state index contributed by atoms with van der Waals surface area (Å²) >= 11 is 0. The molecule has 0 spiro atoms. The molecule has 1 fully saturated rings. The molecule has 1 aromatic rings. The van der Waals surface area contributed by atoms with Gasteiger partial charge in [-0.1, -0.05) is 32.0 Å². The Labute approximate surface area is 141 Å². The van der Waals surface area contributed by atoms with E-state index in [0.29, 0.717) is 0 Å². The molecular weight excluding hydrogens is 288 g/mol. The quantitative estimate of drug-likeness (QED) is 0.495. The Morgan fingerprint density at radius 3 is 2.13 bits per heavy atom. The maximum atomic E-state index is 10.5. The fraction of sp³-hybridized carbons (Fsp3) is 0.556. The molecule has 0 aromatic heterocycles. The van der Waals surface area contributed by atoms with E-state index in [1.54, 1.807) is 13.2 Å². The number of aryl methyl sites for hydroxylation is 2. The lowest BCUT2D eigenvalue weighted by molar-refractivity contribution is 0.00588. The van der Waals surface area contributed by atoms with Gasteiger partial charge in [0.1, 0.15) is 0 Å². The van der Waals surface area contributed by atoms with E-state index < -0.39 is 5.60 Å². The van der Waals surface area contributed by atoms with Crippen LogP contribution in [0.15, 0.2) is 30.6 Å². The Hall–Kier alpha value is -1.56. The summed E-state index contributed by atoms with van der Waals surface area (Å²) in [7, 11) is 1.70. The summed E-state index contributed by atoms with van der Waals surface area (Å²) in [6, 6.07) is 6.29. The molecule has 0 atom stereocenters. The van der Waals surface area contributed by atoms with E-state index in [1.165, 1.54) is 22.3 Å². The van der Waals surface area contributed by atoms with Crippen LogP contribution in [0.1, 0.15) is 43.4 Å². The maximum Gasteiger partial charge on any atom is 0.0920 e. The molecule has 0 saturated carbocycles. The SMILES string of the molecule is CC.CN(N)/C=C\N.Cc1ccc(C2(O)CCNCC2)cc1C. The zero-order valence-corrected chi connectivity index (χ0v) is 15.3. The van der Waals surface area contributed by atoms with Gasteiger partial charge in [-0.2, -0.15) is 0 Å². The summed E-state index contributed by atoms with van der Waals surface area (Å²) < 4.78 is 0. The van der Waals surface area contributed by atoms with E-state index in [4.69, 9.17) is 11.6 Å². The number of benzene rings is 1. The topological polar surface area (TPSA) is 87.5 Å². The lowest BCUT2D eigenvalue weighted by atomic mass is 9.84. The summed E-state index contributed by atoms with van der Waals surface area (Å²) in [5, 5.41) is 15.2. The molecule has 2 rings (SSSR count). The highest BCUT2D eigenvalue weighted by atomic mass is 16.3. The summed E-state index contributed by atoms with van der Waals surface area (Å²) in [5.74, 6) is 5.07. The maximum absolute atomic E-state index is 10.5. The first kappa shape index (κ1) is 21.4. The first-order valence-corrected chi connectivity index (χ1v) is 8.26. The molecule has 1 aliphatic heterocycles. The van der Waals surface area contributed by atoms with Gasteiger partial charge in [-0.25, -0.2) is 5.84 Å². The van der Waals surface area contributed by atoms with E-state index in [1.807, 2.05) is 13.8 Å². The number of aliphatic hydroxyl groups is 1. The molecule has 0 unspecified atom stereocenters. The smallest absolute Gasteiger partial charge is 0.0920 e. The van der Waals surface area contributed by atoms with E-state index in [9.17, 15) is 5.11 Å². The molecular formula is C18H34N4O. The molecule has 5 nitrogen and oxygen atoms in total. The molecule has 0 radical (unpaired) electrons. The number of rotatable bonds is 2. The minimum absolute atomic E-state index is 0.607. The Kier molecular flexibility index (Phi) is 10.3. The third-order valence-corrected chi connectivity index (χ3v) is 3.80. The van der Waals surface area contributed by atoms with E-state index in [0.717, 1.165) is 31.5 Å². The number of nitrogens with one attached hydrogen (secondary N) is 1. The molecule has 5 heteroatoms. The summed E-state index contributed by atoms with van der Waals surface area (Å²) in [6.45, 7) is 10.0. The first-order chi connectivity index (χ1) is 10.9. The molecule has 23 heavy (non-hydrogen) atoms. The minimum Gasteiger partial charge on any atom is -0.403 e. The third kappa shape index (κ3) is 7.50. The predicted octanol–water partition coefficient (Wildman–Crippen LogP) is 2.12. The average molecular weight is 322 g/mol. The molecule has 0 bridgehead atoms. The highest BCUT2D eigenvalue weighted by Crippen LogP contribution is 2.31. The molecule has 1 aromatic carbocycles. The highest BCUT2D eigenvalue weighted by Gasteiger charge is 2.30. The van der Waals surface area contributed by atoms with Gasteiger partial charge in [0, 0.05) is 19.4 Å². The number of nitrogens with zero attached hydrogens (tertiary/aromatic N) is 1. The number of hydrazine groups is 1. The van der Waals surface area contributed by atoms with Gasteiger partial charge in [-0.15, -0.1) is 0 Å². The van der Waals surface area contributed by atoms with Gasteiger partial charge in [-0.05, 0) is 56.5 Å². The van der Waals surface area contributed by atoms with Crippen molar-refractivity contribution in [3.05, 3.63) is 47.3 Å². The Balaban J connectivity index is 0.000000515. The second-order valence-corrected chi connectivity index (χ2v) is 5.59. The average Bonchev–Trinajstić information content (AvgIpc) is 2.53. The Morgan fingerprint density at radius 2 is 1.74 bits per heavy atom. The van der Waals surface area contributed by atoms with Gasteiger partial charge in [0.25, 0.3) is 0 Å². The van der Waals surface area contributed by atoms with Crippen LogP contribution >= 0.6 is 0 Å². The molecule has 1 heterocycles. The van der Waals surface area contributed by atoms with Crippen molar-refractivity contribution in [3.8, 4) is 0 Å². The van der Waals surface area contributed by atoms with Crippen molar-refractivity contribution >= 4 is 0 Å². The molecule has 1 saturated heterocycles. The number of hydrogen-bond acceptors (Lipinski definition) is 5. The lowest BCUT2D eigenvalue weighted by Gasteiger charge is -2.33. The first-order valence-electron chi connectivity index (χ1n) is 8.26. The Bertz CT molecular complexity index is 466. The van der Waals surface area contributed by atoms with Gasteiger partial charge in [0.2, 0.25) is 0 Å². The van der Waals surface area contributed by atoms with Crippen LogP contribution in [0.2, 0.25) is 0 Å². The molecule has 6 N–H and O–H groups in total. The van der Waals surface area contributed by atoms with Crippen LogP contribution in [0.5, 0.6) is 0 Å². The fourth-order valence-corrected chi connectivity index (χ4v) is 2.30. The molecule has 132 valence electrons. The van der Waals surface area contributed by atoms with Crippen LogP contribution in [-0.2, 0) is 5.60 Å². The van der Waals surface area contributed by atoms with Crippen LogP contribution in [0.4, 0.5) is 0 Å². The zero-order chi connectivity index (χ0) is 17.9. The van der Waals surface area contributed by atoms with Crippen molar-refractivity contribution in [2.24, 2.45) is 11.6 Å². The van der Waals surface area contributed by atoms with Crippen LogP contribution in [0.3, 0.4) is 0 Å². The van der Waals surface area contributed by atoms with Crippen molar-refractivity contribution in [2.45, 2.75) is 46.1 Å². The van der Waals surface area contributed by atoms with E-state index >= 15 is 0 Å². The largest absolute Gasteiger partial charge is 0.403 e. The van der Waals surface area contributed by atoms with Gasteiger partial charge < -0.3 is 21.2 Å². The van der Waals surface area contributed by atoms with Gasteiger partial charge in [-0.3, -0.25) is 0 Å². The van der Waals surface area contributed by atoms with E-state index in [2.05, 4.69) is 37.4 Å². The second kappa shape index (κ2) is 11.0. The van der Waals surface area contributed by atoms with Crippen LogP contribution in [0, 0.1) is 13.8 Å². The second-order valence-electron chi connectivity index (χ2n) is 5.59. The lowest BCUT2D eigenvalue weighted by Crippen LogP contribution is -2.39. The summed E-state index contributed by atoms with van der Waals surface area (Å²) in [6.07, 6.45) is 4.56. The van der Waals surface area contributed by atoms with Gasteiger partial charge >= 0.3 is 0 Å². The van der Waals surface area contributed by atoms with Crippen molar-refractivity contribution in [3.63, 3.8) is 0 Å². The Morgan fingerprint density at radius 1 is 1.17 bits per heavy atom. The van der Waals surface area contributed by atoms with Gasteiger partial charge in [0.15, 0.2) is 0 Å². The number of nitrogens with two attached hydrogens (primary N) is 2. The van der Waals surface area contributed by atoms with Crippen molar-refractivity contribution in [1.29, 1.82) is 0 Å². The fourth-order valence-electron chi connectivity index (χ4n) is 2.30. The third-order valence-electron chi connectivity index (χ3n) is 3.80. The van der Waals surface area contributed by atoms with Crippen molar-refractivity contribution in [1.82, 2.24) is 10.3 Å². The number of hydrogen-bond donors (Lipinski definition) is 4. The minimum atomic E-state index is -0.607. The predicted molar refractivity (Wildman–Crippen MR) is 98.5 cm³/mol. The molecule has 1 aliphatic rings. The number of piperidine rings is 1. The normalized spacial score (nSPS) is 16.0. The molecule has 0 amide bonds. The summed E-state index contributed by atoms with van der Waals surface area (Å²) in [5.41, 5.74) is 7.95.